The van der Waals surface area contributed by atoms with E-state index in [2.05, 4.69) is 6.58 Å². The summed E-state index contributed by atoms with van der Waals surface area (Å²) in [6.45, 7) is 3.32. The van der Waals surface area contributed by atoms with E-state index in [0.29, 0.717) is 0 Å². The van der Waals surface area contributed by atoms with Crippen molar-refractivity contribution in [1.82, 2.24) is 0 Å². The van der Waals surface area contributed by atoms with Gasteiger partial charge < -0.3 is 10.2 Å². The minimum absolute atomic E-state index is 0.0345. The van der Waals surface area contributed by atoms with Crippen LogP contribution in [-0.2, 0) is 9.84 Å². The van der Waals surface area contributed by atoms with E-state index in [4.69, 9.17) is 10.2 Å². The summed E-state index contributed by atoms with van der Waals surface area (Å²) >= 11 is 0. The van der Waals surface area contributed by atoms with E-state index < -0.39 is 15.6 Å². The number of benzene rings is 1. The average molecular weight is 214 g/mol. The molecule has 0 heterocycles. The van der Waals surface area contributed by atoms with Gasteiger partial charge in [-0.15, -0.1) is 6.58 Å². The second-order valence-electron chi connectivity index (χ2n) is 2.72. The molecule has 0 unspecified atom stereocenters. The molecule has 0 atom stereocenters. The molecule has 1 rings (SSSR count). The fourth-order valence-electron chi connectivity index (χ4n) is 0.948. The SMILES string of the molecule is C=CCS(=O)(=O)c1ccc(O)c(O)c1. The van der Waals surface area contributed by atoms with Gasteiger partial charge in [-0.1, -0.05) is 6.08 Å². The standard InChI is InChI=1S/C9H10O4S/c1-2-5-14(12,13)7-3-4-8(10)9(11)6-7/h2-4,6,10-11H,1,5H2. The molecule has 0 aliphatic rings. The smallest absolute Gasteiger partial charge is 0.182 e. The molecule has 1 aromatic carbocycles. The summed E-state index contributed by atoms with van der Waals surface area (Å²) < 4.78 is 22.9. The molecule has 4 nitrogen and oxygen atoms in total. The molecule has 0 saturated carbocycles. The molecular weight excluding hydrogens is 204 g/mol. The van der Waals surface area contributed by atoms with E-state index in [9.17, 15) is 8.42 Å². The van der Waals surface area contributed by atoms with Gasteiger partial charge in [0.15, 0.2) is 21.3 Å². The van der Waals surface area contributed by atoms with Crippen molar-refractivity contribution in [3.05, 3.63) is 30.9 Å². The van der Waals surface area contributed by atoms with E-state index >= 15 is 0 Å². The number of phenolic OH excluding ortho intramolecular Hbond substituents is 2. The molecule has 0 radical (unpaired) electrons. The van der Waals surface area contributed by atoms with Gasteiger partial charge in [-0.05, 0) is 12.1 Å². The highest BCUT2D eigenvalue weighted by Gasteiger charge is 2.13. The van der Waals surface area contributed by atoms with Gasteiger partial charge in [0, 0.05) is 6.07 Å². The molecule has 0 aliphatic heterocycles. The second kappa shape index (κ2) is 3.71. The molecule has 5 heteroatoms. The summed E-state index contributed by atoms with van der Waals surface area (Å²) in [5.74, 6) is -0.991. The lowest BCUT2D eigenvalue weighted by atomic mass is 10.3. The molecule has 0 bridgehead atoms. The van der Waals surface area contributed by atoms with Crippen LogP contribution in [0.1, 0.15) is 0 Å². The largest absolute Gasteiger partial charge is 0.504 e. The Morgan fingerprint density at radius 3 is 2.43 bits per heavy atom. The lowest BCUT2D eigenvalue weighted by molar-refractivity contribution is 0.402. The fraction of sp³-hybridized carbons (Fsp3) is 0.111. The van der Waals surface area contributed by atoms with Crippen LogP contribution < -0.4 is 0 Å². The summed E-state index contributed by atoms with van der Waals surface area (Å²) in [7, 11) is -3.44. The normalized spacial score (nSPS) is 11.1. The first kappa shape index (κ1) is 10.6. The van der Waals surface area contributed by atoms with Crippen LogP contribution in [0.15, 0.2) is 35.7 Å². The Kier molecular flexibility index (Phi) is 2.81. The Labute approximate surface area is 82.1 Å². The van der Waals surface area contributed by atoms with E-state index in [1.165, 1.54) is 12.1 Å². The van der Waals surface area contributed by atoms with Crippen LogP contribution in [-0.4, -0.2) is 24.4 Å². The summed E-state index contributed by atoms with van der Waals surface area (Å²) in [5, 5.41) is 18.1. The molecule has 0 fully saturated rings. The molecule has 14 heavy (non-hydrogen) atoms. The predicted molar refractivity (Wildman–Crippen MR) is 52.0 cm³/mol. The third-order valence-corrected chi connectivity index (χ3v) is 3.29. The number of hydrogen-bond acceptors (Lipinski definition) is 4. The van der Waals surface area contributed by atoms with Crippen LogP contribution in [0.25, 0.3) is 0 Å². The van der Waals surface area contributed by atoms with Crippen molar-refractivity contribution in [2.45, 2.75) is 4.90 Å². The summed E-state index contributed by atoms with van der Waals surface area (Å²) in [6.07, 6.45) is 1.26. The third kappa shape index (κ3) is 2.05. The van der Waals surface area contributed by atoms with Gasteiger partial charge >= 0.3 is 0 Å². The number of hydrogen-bond donors (Lipinski definition) is 2. The van der Waals surface area contributed by atoms with Gasteiger partial charge in [-0.25, -0.2) is 8.42 Å². The molecule has 0 aliphatic carbocycles. The number of rotatable bonds is 3. The van der Waals surface area contributed by atoms with Crippen molar-refractivity contribution in [2.75, 3.05) is 5.75 Å². The van der Waals surface area contributed by atoms with Gasteiger partial charge in [-0.2, -0.15) is 0 Å². The van der Waals surface area contributed by atoms with Crippen LogP contribution in [0.3, 0.4) is 0 Å². The Balaban J connectivity index is 3.21. The zero-order valence-corrected chi connectivity index (χ0v) is 8.16. The van der Waals surface area contributed by atoms with Crippen molar-refractivity contribution in [3.63, 3.8) is 0 Å². The van der Waals surface area contributed by atoms with Crippen LogP contribution in [0.4, 0.5) is 0 Å². The van der Waals surface area contributed by atoms with Crippen molar-refractivity contribution in [1.29, 1.82) is 0 Å². The molecule has 2 N–H and O–H groups in total. The summed E-state index contributed by atoms with van der Waals surface area (Å²) in [6, 6.07) is 3.37. The van der Waals surface area contributed by atoms with E-state index in [-0.39, 0.29) is 16.4 Å². The lowest BCUT2D eigenvalue weighted by Crippen LogP contribution is -2.03. The lowest BCUT2D eigenvalue weighted by Gasteiger charge is -2.02. The zero-order valence-electron chi connectivity index (χ0n) is 7.34. The Bertz CT molecular complexity index is 448. The van der Waals surface area contributed by atoms with Crippen molar-refractivity contribution in [2.24, 2.45) is 0 Å². The molecule has 0 saturated heterocycles. The maximum Gasteiger partial charge on any atom is 0.182 e. The minimum Gasteiger partial charge on any atom is -0.504 e. The zero-order chi connectivity index (χ0) is 10.8. The van der Waals surface area contributed by atoms with Crippen molar-refractivity contribution < 1.29 is 18.6 Å². The maximum atomic E-state index is 11.4. The summed E-state index contributed by atoms with van der Waals surface area (Å²) in [4.78, 5) is -0.0345. The third-order valence-electron chi connectivity index (χ3n) is 1.64. The molecule has 0 spiro atoms. The molecule has 0 aromatic heterocycles. The topological polar surface area (TPSA) is 74.6 Å². The first-order valence-electron chi connectivity index (χ1n) is 3.83. The number of aromatic hydroxyl groups is 2. The second-order valence-corrected chi connectivity index (χ2v) is 4.75. The molecule has 76 valence electrons. The van der Waals surface area contributed by atoms with E-state index in [1.54, 1.807) is 0 Å². The monoisotopic (exact) mass is 214 g/mol. The highest BCUT2D eigenvalue weighted by atomic mass is 32.2. The van der Waals surface area contributed by atoms with Crippen molar-refractivity contribution >= 4 is 9.84 Å². The van der Waals surface area contributed by atoms with E-state index in [1.807, 2.05) is 0 Å². The Morgan fingerprint density at radius 2 is 1.93 bits per heavy atom. The van der Waals surface area contributed by atoms with Gasteiger partial charge in [0.2, 0.25) is 0 Å². The summed E-state index contributed by atoms with van der Waals surface area (Å²) in [5.41, 5.74) is 0. The van der Waals surface area contributed by atoms with Gasteiger partial charge in [-0.3, -0.25) is 0 Å². The number of sulfone groups is 1. The van der Waals surface area contributed by atoms with Crippen molar-refractivity contribution in [3.8, 4) is 11.5 Å². The Hall–Kier alpha value is -1.49. The highest BCUT2D eigenvalue weighted by molar-refractivity contribution is 7.91. The first-order valence-corrected chi connectivity index (χ1v) is 5.48. The fourth-order valence-corrected chi connectivity index (χ4v) is 2.02. The van der Waals surface area contributed by atoms with E-state index in [0.717, 1.165) is 12.1 Å². The number of phenols is 2. The van der Waals surface area contributed by atoms with Gasteiger partial charge in [0.05, 0.1) is 10.6 Å². The van der Waals surface area contributed by atoms with Crippen LogP contribution in [0, 0.1) is 0 Å². The molecule has 0 amide bonds. The predicted octanol–water partition coefficient (Wildman–Crippen LogP) is 1.06. The van der Waals surface area contributed by atoms with Crippen LogP contribution in [0.5, 0.6) is 11.5 Å². The molecule has 1 aromatic rings. The quantitative estimate of drug-likeness (QED) is 0.582. The first-order chi connectivity index (χ1) is 6.47. The van der Waals surface area contributed by atoms with Gasteiger partial charge in [0.25, 0.3) is 0 Å². The van der Waals surface area contributed by atoms with Crippen LogP contribution >= 0.6 is 0 Å². The van der Waals surface area contributed by atoms with Gasteiger partial charge in [0.1, 0.15) is 0 Å². The molecular formula is C9H10O4S. The maximum absolute atomic E-state index is 11.4. The Morgan fingerprint density at radius 1 is 1.29 bits per heavy atom. The average Bonchev–Trinajstić information content (AvgIpc) is 2.09. The van der Waals surface area contributed by atoms with Crippen LogP contribution in [0.2, 0.25) is 0 Å². The minimum atomic E-state index is -3.44. The highest BCUT2D eigenvalue weighted by Crippen LogP contribution is 2.27.